The Morgan fingerprint density at radius 2 is 2.00 bits per heavy atom. The molecule has 17 heavy (non-hydrogen) atoms. The molecule has 0 unspecified atom stereocenters. The lowest BCUT2D eigenvalue weighted by Gasteiger charge is -2.08. The van der Waals surface area contributed by atoms with Crippen LogP contribution < -0.4 is 5.73 Å². The van der Waals surface area contributed by atoms with E-state index in [2.05, 4.69) is 25.3 Å². The summed E-state index contributed by atoms with van der Waals surface area (Å²) in [5.74, 6) is 0.0503. The zero-order chi connectivity index (χ0) is 12.6. The van der Waals surface area contributed by atoms with Gasteiger partial charge in [0.2, 0.25) is 5.95 Å². The van der Waals surface area contributed by atoms with Crippen molar-refractivity contribution in [3.05, 3.63) is 28.2 Å². The molecule has 0 spiro atoms. The maximum absolute atomic E-state index is 12.5. The first-order chi connectivity index (χ1) is 7.88. The van der Waals surface area contributed by atoms with Crippen molar-refractivity contribution in [1.29, 1.82) is 0 Å². The predicted octanol–water partition coefficient (Wildman–Crippen LogP) is 3.57. The van der Waals surface area contributed by atoms with E-state index in [-0.39, 0.29) is 5.95 Å². The van der Waals surface area contributed by atoms with Crippen LogP contribution in [0.2, 0.25) is 0 Å². The number of nitrogens with zero attached hydrogens (tertiary/aromatic N) is 2. The molecule has 0 saturated heterocycles. The van der Waals surface area contributed by atoms with Gasteiger partial charge in [0.25, 0.3) is 0 Å². The van der Waals surface area contributed by atoms with Crippen LogP contribution in [0.5, 0.6) is 0 Å². The van der Waals surface area contributed by atoms with E-state index in [9.17, 15) is 13.2 Å². The van der Waals surface area contributed by atoms with Crippen molar-refractivity contribution < 1.29 is 13.2 Å². The Labute approximate surface area is 107 Å². The highest BCUT2D eigenvalue weighted by atomic mass is 79.9. The van der Waals surface area contributed by atoms with Gasteiger partial charge in [-0.2, -0.15) is 22.5 Å². The van der Waals surface area contributed by atoms with Crippen LogP contribution in [0.1, 0.15) is 5.56 Å². The summed E-state index contributed by atoms with van der Waals surface area (Å²) < 4.78 is 41.9. The van der Waals surface area contributed by atoms with Crippen molar-refractivity contribution in [2.45, 2.75) is 6.18 Å². The first kappa shape index (κ1) is 12.3. The minimum Gasteiger partial charge on any atom is -0.367 e. The van der Waals surface area contributed by atoms with Gasteiger partial charge in [-0.25, -0.2) is 0 Å². The zero-order valence-corrected chi connectivity index (χ0v) is 10.5. The molecule has 0 fully saturated rings. The van der Waals surface area contributed by atoms with Crippen LogP contribution in [0.4, 0.5) is 19.1 Å². The topological polar surface area (TPSA) is 51.8 Å². The molecule has 0 saturated carbocycles. The lowest BCUT2D eigenvalue weighted by molar-refractivity contribution is -0.137. The van der Waals surface area contributed by atoms with Crippen molar-refractivity contribution >= 4 is 33.4 Å². The number of nitrogen functional groups attached to an aromatic ring is 1. The van der Waals surface area contributed by atoms with Crippen LogP contribution in [0.15, 0.2) is 22.7 Å². The summed E-state index contributed by atoms with van der Waals surface area (Å²) in [5.41, 5.74) is 4.94. The summed E-state index contributed by atoms with van der Waals surface area (Å²) in [7, 11) is 0. The zero-order valence-electron chi connectivity index (χ0n) is 8.12. The molecule has 0 atom stereocenters. The van der Waals surface area contributed by atoms with Crippen LogP contribution in [-0.2, 0) is 6.18 Å². The van der Waals surface area contributed by atoms with Crippen LogP contribution in [0.25, 0.3) is 10.6 Å². The molecule has 1 heterocycles. The number of alkyl halides is 3. The van der Waals surface area contributed by atoms with Gasteiger partial charge in [0.15, 0.2) is 0 Å². The summed E-state index contributed by atoms with van der Waals surface area (Å²) in [5, 5.41) is 0.348. The Kier molecular flexibility index (Phi) is 3.09. The van der Waals surface area contributed by atoms with Crippen molar-refractivity contribution in [2.24, 2.45) is 0 Å². The Hall–Kier alpha value is -1.15. The number of rotatable bonds is 1. The smallest absolute Gasteiger partial charge is 0.367 e. The molecule has 1 aromatic carbocycles. The third-order valence-electron chi connectivity index (χ3n) is 1.97. The Balaban J connectivity index is 2.54. The minimum absolute atomic E-state index is 0.0503. The Morgan fingerprint density at radius 1 is 1.29 bits per heavy atom. The summed E-state index contributed by atoms with van der Waals surface area (Å²) in [6.07, 6.45) is -4.38. The van der Waals surface area contributed by atoms with Crippen LogP contribution in [0.3, 0.4) is 0 Å². The molecule has 0 radical (unpaired) electrons. The molecule has 2 aromatic rings. The molecule has 90 valence electrons. The van der Waals surface area contributed by atoms with E-state index in [1.165, 1.54) is 6.07 Å². The molecule has 8 heteroatoms. The fourth-order valence-corrected chi connectivity index (χ4v) is 2.40. The molecule has 1 aromatic heterocycles. The van der Waals surface area contributed by atoms with Gasteiger partial charge in [-0.15, -0.1) is 0 Å². The Morgan fingerprint density at radius 3 is 2.53 bits per heavy atom. The molecule has 0 bridgehead atoms. The van der Waals surface area contributed by atoms with Gasteiger partial charge < -0.3 is 5.73 Å². The van der Waals surface area contributed by atoms with Crippen LogP contribution >= 0.6 is 27.5 Å². The first-order valence-electron chi connectivity index (χ1n) is 4.34. The van der Waals surface area contributed by atoms with Gasteiger partial charge in [0.1, 0.15) is 5.01 Å². The molecule has 2 rings (SSSR count). The molecule has 2 N–H and O–H groups in total. The lowest BCUT2D eigenvalue weighted by Crippen LogP contribution is -2.04. The molecule has 0 aliphatic heterocycles. The fraction of sp³-hybridized carbons (Fsp3) is 0.111. The van der Waals surface area contributed by atoms with Gasteiger partial charge in [-0.1, -0.05) is 15.9 Å². The Bertz CT molecular complexity index is 553. The second kappa shape index (κ2) is 4.26. The standard InChI is InChI=1S/C9H5BrF3N3S/c10-6-2-1-4(9(11,12)13)3-5(6)7-15-8(14)16-17-7/h1-3H,(H2,14,16). The largest absolute Gasteiger partial charge is 0.416 e. The molecular formula is C9H5BrF3N3S. The minimum atomic E-state index is -4.38. The van der Waals surface area contributed by atoms with E-state index in [0.29, 0.717) is 15.0 Å². The highest BCUT2D eigenvalue weighted by molar-refractivity contribution is 9.10. The highest BCUT2D eigenvalue weighted by Crippen LogP contribution is 2.36. The molecular weight excluding hydrogens is 319 g/mol. The van der Waals surface area contributed by atoms with Crippen molar-refractivity contribution in [1.82, 2.24) is 9.36 Å². The van der Waals surface area contributed by atoms with Crippen molar-refractivity contribution in [3.63, 3.8) is 0 Å². The molecule has 3 nitrogen and oxygen atoms in total. The van der Waals surface area contributed by atoms with E-state index >= 15 is 0 Å². The number of aromatic nitrogens is 2. The highest BCUT2D eigenvalue weighted by Gasteiger charge is 2.31. The van der Waals surface area contributed by atoms with Crippen LogP contribution in [0, 0.1) is 0 Å². The second-order valence-electron chi connectivity index (χ2n) is 3.15. The third-order valence-corrected chi connectivity index (χ3v) is 3.42. The third kappa shape index (κ3) is 2.58. The number of anilines is 1. The summed E-state index contributed by atoms with van der Waals surface area (Å²) in [6.45, 7) is 0. The summed E-state index contributed by atoms with van der Waals surface area (Å²) in [4.78, 5) is 3.85. The lowest BCUT2D eigenvalue weighted by atomic mass is 10.1. The van der Waals surface area contributed by atoms with Crippen molar-refractivity contribution in [2.75, 3.05) is 5.73 Å². The number of hydrogen-bond donors (Lipinski definition) is 1. The van der Waals surface area contributed by atoms with Crippen molar-refractivity contribution in [3.8, 4) is 10.6 Å². The van der Waals surface area contributed by atoms with Gasteiger partial charge in [-0.3, -0.25) is 0 Å². The maximum atomic E-state index is 12.5. The number of benzene rings is 1. The SMILES string of the molecule is Nc1nsc(-c2cc(C(F)(F)F)ccc2Br)n1. The first-order valence-corrected chi connectivity index (χ1v) is 5.91. The van der Waals surface area contributed by atoms with E-state index in [1.807, 2.05) is 0 Å². The summed E-state index contributed by atoms with van der Waals surface area (Å²) in [6, 6.07) is 3.34. The van der Waals surface area contributed by atoms with Gasteiger partial charge >= 0.3 is 6.18 Å². The van der Waals surface area contributed by atoms with E-state index in [1.54, 1.807) is 0 Å². The quantitative estimate of drug-likeness (QED) is 0.872. The average molecular weight is 324 g/mol. The number of halogens is 4. The normalized spacial score (nSPS) is 11.8. The van der Waals surface area contributed by atoms with E-state index in [4.69, 9.17) is 5.73 Å². The molecule has 0 amide bonds. The predicted molar refractivity (Wildman–Crippen MR) is 62.5 cm³/mol. The summed E-state index contributed by atoms with van der Waals surface area (Å²) >= 11 is 4.13. The fourth-order valence-electron chi connectivity index (χ4n) is 1.21. The van der Waals surface area contributed by atoms with Gasteiger partial charge in [0.05, 0.1) is 5.56 Å². The molecule has 0 aliphatic carbocycles. The maximum Gasteiger partial charge on any atom is 0.416 e. The van der Waals surface area contributed by atoms with Gasteiger partial charge in [0, 0.05) is 10.0 Å². The van der Waals surface area contributed by atoms with E-state index in [0.717, 1.165) is 23.7 Å². The van der Waals surface area contributed by atoms with E-state index < -0.39 is 11.7 Å². The monoisotopic (exact) mass is 323 g/mol. The average Bonchev–Trinajstić information content (AvgIpc) is 2.63. The van der Waals surface area contributed by atoms with Crippen LogP contribution in [-0.4, -0.2) is 9.36 Å². The van der Waals surface area contributed by atoms with Gasteiger partial charge in [-0.05, 0) is 29.7 Å². The number of hydrogen-bond acceptors (Lipinski definition) is 4. The number of nitrogens with two attached hydrogens (primary N) is 1. The second-order valence-corrected chi connectivity index (χ2v) is 4.76. The molecule has 0 aliphatic rings.